The first-order chi connectivity index (χ1) is 12.0. The molecule has 4 rings (SSSR count). The Hall–Kier alpha value is -2.30. The topological polar surface area (TPSA) is 56.7 Å². The van der Waals surface area contributed by atoms with Gasteiger partial charge in [-0.05, 0) is 38.8 Å². The molecule has 0 N–H and O–H groups in total. The minimum absolute atomic E-state index is 0. The van der Waals surface area contributed by atoms with E-state index < -0.39 is 0 Å². The zero-order chi connectivity index (χ0) is 17.7. The maximum Gasteiger partial charge on any atom is 0.180 e. The fraction of sp³-hybridized carbons (Fsp3) is 0.250. The van der Waals surface area contributed by atoms with Gasteiger partial charge in [0.15, 0.2) is 5.89 Å². The Morgan fingerprint density at radius 1 is 1.00 bits per heavy atom. The summed E-state index contributed by atoms with van der Waals surface area (Å²) in [6.07, 6.45) is 0. The average Bonchev–Trinajstić information content (AvgIpc) is 3.09. The molecule has 0 fully saturated rings. The molecule has 0 aliphatic rings. The Labute approximate surface area is 165 Å². The standard InChI is InChI=1S/C20H19N4O.Ir/c1-11-9-12(2)19(13(3)10-11)24-14(4)22-23-20(24)16-7-6-8-17-18(16)21-15(5)25-17;/h6,8-10H,1-5H3;/q-1;. The van der Waals surface area contributed by atoms with Crippen LogP contribution in [0.3, 0.4) is 0 Å². The number of oxazole rings is 1. The van der Waals surface area contributed by atoms with Crippen molar-refractivity contribution in [2.45, 2.75) is 34.6 Å². The summed E-state index contributed by atoms with van der Waals surface area (Å²) in [5, 5.41) is 8.75. The smallest absolute Gasteiger partial charge is 0.180 e. The van der Waals surface area contributed by atoms with Gasteiger partial charge in [0, 0.05) is 38.2 Å². The van der Waals surface area contributed by atoms with Crippen molar-refractivity contribution >= 4 is 11.1 Å². The third kappa shape index (κ3) is 2.89. The largest absolute Gasteiger partial charge is 0.461 e. The van der Waals surface area contributed by atoms with Crippen molar-refractivity contribution in [3.05, 3.63) is 58.7 Å². The van der Waals surface area contributed by atoms with Gasteiger partial charge in [-0.1, -0.05) is 29.3 Å². The molecular weight excluding hydrogens is 504 g/mol. The van der Waals surface area contributed by atoms with Crippen LogP contribution >= 0.6 is 0 Å². The summed E-state index contributed by atoms with van der Waals surface area (Å²) in [4.78, 5) is 4.51. The maximum atomic E-state index is 5.66. The average molecular weight is 524 g/mol. The van der Waals surface area contributed by atoms with Crippen LogP contribution < -0.4 is 0 Å². The molecular formula is C20H19IrN4O-. The summed E-state index contributed by atoms with van der Waals surface area (Å²) in [5.74, 6) is 2.18. The van der Waals surface area contributed by atoms with Crippen LogP contribution in [-0.2, 0) is 20.1 Å². The molecule has 0 atom stereocenters. The van der Waals surface area contributed by atoms with E-state index in [1.165, 1.54) is 16.7 Å². The van der Waals surface area contributed by atoms with Crippen molar-refractivity contribution < 1.29 is 24.5 Å². The second kappa shape index (κ2) is 6.78. The quantitative estimate of drug-likeness (QED) is 0.365. The van der Waals surface area contributed by atoms with Gasteiger partial charge in [-0.25, -0.2) is 0 Å². The van der Waals surface area contributed by atoms with Gasteiger partial charge in [-0.2, -0.15) is 5.10 Å². The Balaban J connectivity index is 0.00000196. The molecule has 0 aliphatic heterocycles. The van der Waals surface area contributed by atoms with E-state index in [1.54, 1.807) is 0 Å². The molecule has 2 aromatic carbocycles. The van der Waals surface area contributed by atoms with Crippen LogP contribution in [0.5, 0.6) is 0 Å². The molecule has 26 heavy (non-hydrogen) atoms. The molecule has 0 spiro atoms. The van der Waals surface area contributed by atoms with Gasteiger partial charge in [-0.15, -0.1) is 17.2 Å². The van der Waals surface area contributed by atoms with Crippen LogP contribution in [-0.4, -0.2) is 19.7 Å². The SMILES string of the molecule is Cc1cc(C)c(-n2c(C)nnc2-c2[c-]ccc3oc(C)nc23)c(C)c1.[Ir]. The second-order valence-corrected chi connectivity index (χ2v) is 6.45. The predicted octanol–water partition coefficient (Wildman–Crippen LogP) is 4.42. The number of fused-ring (bicyclic) bond motifs is 1. The molecule has 2 aromatic heterocycles. The Bertz CT molecular complexity index is 1090. The van der Waals surface area contributed by atoms with Crippen molar-refractivity contribution in [1.82, 2.24) is 19.7 Å². The fourth-order valence-electron chi connectivity index (χ4n) is 3.49. The van der Waals surface area contributed by atoms with E-state index in [2.05, 4.69) is 58.7 Å². The van der Waals surface area contributed by atoms with E-state index in [4.69, 9.17) is 4.42 Å². The van der Waals surface area contributed by atoms with Crippen LogP contribution in [0.4, 0.5) is 0 Å². The minimum Gasteiger partial charge on any atom is -0.461 e. The predicted molar refractivity (Wildman–Crippen MR) is 96.9 cm³/mol. The first kappa shape index (κ1) is 18.5. The minimum atomic E-state index is 0. The van der Waals surface area contributed by atoms with Crippen LogP contribution in [0.1, 0.15) is 28.4 Å². The molecule has 0 bridgehead atoms. The number of benzene rings is 2. The molecule has 0 saturated heterocycles. The van der Waals surface area contributed by atoms with E-state index in [-0.39, 0.29) is 20.1 Å². The van der Waals surface area contributed by atoms with E-state index in [1.807, 2.05) is 26.0 Å². The molecule has 1 radical (unpaired) electrons. The van der Waals surface area contributed by atoms with Crippen LogP contribution in [0.25, 0.3) is 28.2 Å². The van der Waals surface area contributed by atoms with E-state index in [9.17, 15) is 0 Å². The Morgan fingerprint density at radius 2 is 1.69 bits per heavy atom. The number of hydrogen-bond donors (Lipinski definition) is 0. The van der Waals surface area contributed by atoms with Crippen molar-refractivity contribution in [1.29, 1.82) is 0 Å². The third-order valence-corrected chi connectivity index (χ3v) is 4.37. The Kier molecular flexibility index (Phi) is 4.82. The molecule has 0 aliphatic carbocycles. The first-order valence-corrected chi connectivity index (χ1v) is 8.24. The van der Waals surface area contributed by atoms with Crippen molar-refractivity contribution in [3.8, 4) is 17.1 Å². The van der Waals surface area contributed by atoms with E-state index >= 15 is 0 Å². The monoisotopic (exact) mass is 524 g/mol. The summed E-state index contributed by atoms with van der Waals surface area (Å²) >= 11 is 0. The first-order valence-electron chi connectivity index (χ1n) is 8.24. The van der Waals surface area contributed by atoms with E-state index in [0.29, 0.717) is 5.89 Å². The number of nitrogens with zero attached hydrogens (tertiary/aromatic N) is 4. The van der Waals surface area contributed by atoms with Gasteiger partial charge in [0.1, 0.15) is 5.82 Å². The summed E-state index contributed by atoms with van der Waals surface area (Å²) in [6, 6.07) is 11.3. The van der Waals surface area contributed by atoms with Crippen LogP contribution in [0.2, 0.25) is 0 Å². The summed E-state index contributed by atoms with van der Waals surface area (Å²) < 4.78 is 7.74. The second-order valence-electron chi connectivity index (χ2n) is 6.45. The normalized spacial score (nSPS) is 11.0. The Morgan fingerprint density at radius 3 is 2.38 bits per heavy atom. The number of rotatable bonds is 2. The molecule has 0 amide bonds. The molecule has 4 aromatic rings. The van der Waals surface area contributed by atoms with Gasteiger partial charge in [0.05, 0.1) is 11.4 Å². The zero-order valence-corrected chi connectivity index (χ0v) is 17.7. The zero-order valence-electron chi connectivity index (χ0n) is 15.3. The molecule has 0 unspecified atom stereocenters. The van der Waals surface area contributed by atoms with Gasteiger partial charge in [0.2, 0.25) is 0 Å². The summed E-state index contributed by atoms with van der Waals surface area (Å²) in [5.41, 5.74) is 7.01. The van der Waals surface area contributed by atoms with Crippen molar-refractivity contribution in [2.24, 2.45) is 0 Å². The van der Waals surface area contributed by atoms with E-state index in [0.717, 1.165) is 34.0 Å². The van der Waals surface area contributed by atoms with Gasteiger partial charge in [-0.3, -0.25) is 4.98 Å². The maximum absolute atomic E-state index is 5.66. The van der Waals surface area contributed by atoms with Gasteiger partial charge in [0.25, 0.3) is 0 Å². The molecule has 5 nitrogen and oxygen atoms in total. The van der Waals surface area contributed by atoms with Gasteiger partial charge < -0.3 is 8.98 Å². The van der Waals surface area contributed by atoms with Crippen molar-refractivity contribution in [3.63, 3.8) is 0 Å². The molecule has 135 valence electrons. The van der Waals surface area contributed by atoms with Crippen LogP contribution in [0.15, 0.2) is 28.7 Å². The fourth-order valence-corrected chi connectivity index (χ4v) is 3.49. The number of hydrogen-bond acceptors (Lipinski definition) is 4. The summed E-state index contributed by atoms with van der Waals surface area (Å²) in [6.45, 7) is 10.1. The summed E-state index contributed by atoms with van der Waals surface area (Å²) in [7, 11) is 0. The van der Waals surface area contributed by atoms with Gasteiger partial charge >= 0.3 is 0 Å². The van der Waals surface area contributed by atoms with Crippen molar-refractivity contribution in [2.75, 3.05) is 0 Å². The van der Waals surface area contributed by atoms with Crippen LogP contribution in [0, 0.1) is 40.7 Å². The molecule has 2 heterocycles. The third-order valence-electron chi connectivity index (χ3n) is 4.37. The number of aryl methyl sites for hydroxylation is 5. The number of aromatic nitrogens is 4. The molecule has 0 saturated carbocycles. The molecule has 6 heteroatoms.